The first-order valence-electron chi connectivity index (χ1n) is 6.01. The van der Waals surface area contributed by atoms with E-state index in [-0.39, 0.29) is 23.6 Å². The lowest BCUT2D eigenvalue weighted by molar-refractivity contribution is 0.0527. The van der Waals surface area contributed by atoms with Crippen LogP contribution in [-0.4, -0.2) is 38.3 Å². The second-order valence-electron chi connectivity index (χ2n) is 3.99. The molecule has 0 bridgehead atoms. The summed E-state index contributed by atoms with van der Waals surface area (Å²) in [6.07, 6.45) is 1.73. The zero-order chi connectivity index (χ0) is 15.2. The molecule has 0 unspecified atom stereocenters. The van der Waals surface area contributed by atoms with Gasteiger partial charge < -0.3 is 15.8 Å². The van der Waals surface area contributed by atoms with E-state index in [1.54, 1.807) is 6.92 Å². The molecule has 0 radical (unpaired) electrons. The summed E-state index contributed by atoms with van der Waals surface area (Å²) in [5.41, 5.74) is 6.20. The molecule has 0 aromatic carbocycles. The van der Waals surface area contributed by atoms with E-state index in [1.807, 2.05) is 0 Å². The maximum absolute atomic E-state index is 11.6. The summed E-state index contributed by atoms with van der Waals surface area (Å²) >= 11 is 0. The highest BCUT2D eigenvalue weighted by molar-refractivity contribution is 7.89. The van der Waals surface area contributed by atoms with Crippen LogP contribution in [0.3, 0.4) is 0 Å². The lowest BCUT2D eigenvalue weighted by Gasteiger charge is -2.11. The van der Waals surface area contributed by atoms with Crippen molar-refractivity contribution in [1.82, 2.24) is 4.98 Å². The van der Waals surface area contributed by atoms with Gasteiger partial charge in [-0.05, 0) is 19.4 Å². The van der Waals surface area contributed by atoms with Crippen LogP contribution in [0.1, 0.15) is 23.7 Å². The first kappa shape index (κ1) is 16.2. The van der Waals surface area contributed by atoms with Crippen LogP contribution in [0.2, 0.25) is 0 Å². The van der Waals surface area contributed by atoms with Gasteiger partial charge >= 0.3 is 5.97 Å². The van der Waals surface area contributed by atoms with Crippen molar-refractivity contribution in [1.29, 1.82) is 0 Å². The van der Waals surface area contributed by atoms with Crippen molar-refractivity contribution in [3.05, 3.63) is 17.8 Å². The fourth-order valence-corrected chi connectivity index (χ4v) is 2.03. The Bertz CT molecular complexity index is 574. The third-order valence-electron chi connectivity index (χ3n) is 2.38. The Kier molecular flexibility index (Phi) is 5.71. The minimum atomic E-state index is -3.48. The van der Waals surface area contributed by atoms with Gasteiger partial charge in [0.05, 0.1) is 23.6 Å². The number of pyridine rings is 1. The van der Waals surface area contributed by atoms with Gasteiger partial charge in [0.1, 0.15) is 5.82 Å². The molecular weight excluding hydrogens is 284 g/mol. The number of nitrogens with one attached hydrogen (secondary N) is 1. The highest BCUT2D eigenvalue weighted by Crippen LogP contribution is 2.20. The molecule has 0 amide bonds. The van der Waals surface area contributed by atoms with Crippen molar-refractivity contribution in [2.24, 2.45) is 5.14 Å². The summed E-state index contributed by atoms with van der Waals surface area (Å²) in [5, 5.41) is 7.74. The van der Waals surface area contributed by atoms with Crippen LogP contribution in [-0.2, 0) is 14.8 Å². The quantitative estimate of drug-likeness (QED) is 0.473. The highest BCUT2D eigenvalue weighted by Gasteiger charge is 2.14. The summed E-state index contributed by atoms with van der Waals surface area (Å²) < 4.78 is 26.4. The minimum Gasteiger partial charge on any atom is -0.462 e. The molecule has 1 rings (SSSR count). The average Bonchev–Trinajstić information content (AvgIpc) is 2.35. The monoisotopic (exact) mass is 302 g/mol. The molecule has 1 aromatic heterocycles. The number of nitrogens with two attached hydrogens (primary N) is 2. The van der Waals surface area contributed by atoms with Crippen LogP contribution >= 0.6 is 0 Å². The van der Waals surface area contributed by atoms with Gasteiger partial charge in [-0.3, -0.25) is 0 Å². The SMILES string of the molecule is CCOC(=O)c1ccnc(NCCCS(N)(=O)=O)c1N. The maximum Gasteiger partial charge on any atom is 0.340 e. The van der Waals surface area contributed by atoms with E-state index in [0.29, 0.717) is 18.8 Å². The van der Waals surface area contributed by atoms with Crippen LogP contribution in [0.25, 0.3) is 0 Å². The molecule has 0 saturated carbocycles. The van der Waals surface area contributed by atoms with Gasteiger partial charge in [0, 0.05) is 12.7 Å². The number of rotatable bonds is 7. The number of hydrogen-bond donors (Lipinski definition) is 3. The van der Waals surface area contributed by atoms with Crippen LogP contribution in [0.15, 0.2) is 12.3 Å². The molecule has 0 saturated heterocycles. The number of aromatic nitrogens is 1. The van der Waals surface area contributed by atoms with Crippen LogP contribution in [0.4, 0.5) is 11.5 Å². The van der Waals surface area contributed by atoms with Gasteiger partial charge in [-0.25, -0.2) is 23.3 Å². The zero-order valence-electron chi connectivity index (χ0n) is 11.1. The summed E-state index contributed by atoms with van der Waals surface area (Å²) in [6, 6.07) is 1.46. The van der Waals surface area contributed by atoms with Crippen LogP contribution < -0.4 is 16.2 Å². The number of ether oxygens (including phenoxy) is 1. The number of hydrogen-bond acceptors (Lipinski definition) is 7. The number of nitrogen functional groups attached to an aromatic ring is 1. The Morgan fingerprint density at radius 3 is 2.80 bits per heavy atom. The van der Waals surface area contributed by atoms with Gasteiger partial charge in [-0.2, -0.15) is 0 Å². The van der Waals surface area contributed by atoms with Crippen LogP contribution in [0.5, 0.6) is 0 Å². The molecule has 0 aliphatic rings. The van der Waals surface area contributed by atoms with Gasteiger partial charge in [-0.15, -0.1) is 0 Å². The number of nitrogens with zero attached hydrogens (tertiary/aromatic N) is 1. The molecule has 9 heteroatoms. The van der Waals surface area contributed by atoms with Crippen LogP contribution in [0, 0.1) is 0 Å². The molecule has 8 nitrogen and oxygen atoms in total. The van der Waals surface area contributed by atoms with Gasteiger partial charge in [0.15, 0.2) is 0 Å². The molecule has 0 spiro atoms. The predicted octanol–water partition coefficient (Wildman–Crippen LogP) is -0.0690. The first-order valence-corrected chi connectivity index (χ1v) is 7.72. The Hall–Kier alpha value is -1.87. The standard InChI is InChI=1S/C11H18N4O4S/c1-2-19-11(16)8-4-6-15-10(9(8)12)14-5-3-7-20(13,17)18/h4,6H,2-3,5,7,12H2,1H3,(H,14,15)(H2,13,17,18). The average molecular weight is 302 g/mol. The number of anilines is 2. The van der Waals surface area contributed by atoms with E-state index in [0.717, 1.165) is 0 Å². The highest BCUT2D eigenvalue weighted by atomic mass is 32.2. The lowest BCUT2D eigenvalue weighted by Crippen LogP contribution is -2.19. The first-order chi connectivity index (χ1) is 9.35. The Labute approximate surface area is 117 Å². The van der Waals surface area contributed by atoms with Crippen molar-refractivity contribution in [3.63, 3.8) is 0 Å². The molecule has 0 fully saturated rings. The normalized spacial score (nSPS) is 11.1. The second kappa shape index (κ2) is 7.06. The van der Waals surface area contributed by atoms with Gasteiger partial charge in [-0.1, -0.05) is 0 Å². The predicted molar refractivity (Wildman–Crippen MR) is 75.7 cm³/mol. The van der Waals surface area contributed by atoms with Crippen molar-refractivity contribution in [2.75, 3.05) is 30.0 Å². The molecule has 0 aliphatic carbocycles. The third kappa shape index (κ3) is 5.02. The van der Waals surface area contributed by atoms with E-state index >= 15 is 0 Å². The Balaban J connectivity index is 2.67. The van der Waals surface area contributed by atoms with E-state index in [9.17, 15) is 13.2 Å². The molecule has 1 heterocycles. The topological polar surface area (TPSA) is 137 Å². The molecule has 5 N–H and O–H groups in total. The van der Waals surface area contributed by atoms with Crippen molar-refractivity contribution in [2.45, 2.75) is 13.3 Å². The Morgan fingerprint density at radius 1 is 1.50 bits per heavy atom. The fourth-order valence-electron chi connectivity index (χ4n) is 1.48. The lowest BCUT2D eigenvalue weighted by atomic mass is 10.2. The Morgan fingerprint density at radius 2 is 2.20 bits per heavy atom. The summed E-state index contributed by atoms with van der Waals surface area (Å²) in [6.45, 7) is 2.26. The summed E-state index contributed by atoms with van der Waals surface area (Å²) in [5.74, 6) is -0.359. The van der Waals surface area contributed by atoms with Crippen molar-refractivity contribution >= 4 is 27.5 Å². The zero-order valence-corrected chi connectivity index (χ0v) is 11.9. The van der Waals surface area contributed by atoms with Crippen molar-refractivity contribution in [3.8, 4) is 0 Å². The molecule has 112 valence electrons. The summed E-state index contributed by atoms with van der Waals surface area (Å²) in [4.78, 5) is 15.6. The largest absolute Gasteiger partial charge is 0.462 e. The summed E-state index contributed by atoms with van der Waals surface area (Å²) in [7, 11) is -3.48. The van der Waals surface area contributed by atoms with Gasteiger partial charge in [0.2, 0.25) is 10.0 Å². The number of carbonyl (C=O) groups is 1. The van der Waals surface area contributed by atoms with E-state index in [4.69, 9.17) is 15.6 Å². The number of sulfonamides is 1. The molecule has 0 aliphatic heterocycles. The number of esters is 1. The van der Waals surface area contributed by atoms with E-state index in [1.165, 1.54) is 12.3 Å². The fraction of sp³-hybridized carbons (Fsp3) is 0.455. The van der Waals surface area contributed by atoms with E-state index in [2.05, 4.69) is 10.3 Å². The number of carbonyl (C=O) groups excluding carboxylic acids is 1. The van der Waals surface area contributed by atoms with Gasteiger partial charge in [0.25, 0.3) is 0 Å². The minimum absolute atomic E-state index is 0.141. The third-order valence-corrected chi connectivity index (χ3v) is 3.24. The second-order valence-corrected chi connectivity index (χ2v) is 5.72. The molecule has 0 atom stereocenters. The molecule has 1 aromatic rings. The molecule has 20 heavy (non-hydrogen) atoms. The smallest absolute Gasteiger partial charge is 0.340 e. The van der Waals surface area contributed by atoms with E-state index < -0.39 is 16.0 Å². The molecular formula is C11H18N4O4S. The van der Waals surface area contributed by atoms with Crippen molar-refractivity contribution < 1.29 is 17.9 Å². The number of primary sulfonamides is 1. The maximum atomic E-state index is 11.6.